The largest absolute Gasteiger partial charge is 0.313 e. The highest BCUT2D eigenvalue weighted by Crippen LogP contribution is 2.15. The van der Waals surface area contributed by atoms with Gasteiger partial charge >= 0.3 is 0 Å². The fourth-order valence-electron chi connectivity index (χ4n) is 1.24. The molecule has 1 aliphatic rings. The van der Waals surface area contributed by atoms with Crippen LogP contribution in [0, 0.1) is 5.41 Å². The predicted octanol–water partition coefficient (Wildman–Crippen LogP) is -0.0763. The minimum Gasteiger partial charge on any atom is -0.313 e. The van der Waals surface area contributed by atoms with Crippen molar-refractivity contribution in [1.82, 2.24) is 10.0 Å². The smallest absolute Gasteiger partial charge is 0.212 e. The molecule has 0 spiro atoms. The second-order valence-electron chi connectivity index (χ2n) is 4.79. The molecule has 0 saturated carbocycles. The highest BCUT2D eigenvalue weighted by Gasteiger charge is 2.26. The van der Waals surface area contributed by atoms with E-state index in [0.29, 0.717) is 0 Å². The number of hydrogen-bond donors (Lipinski definition) is 2. The zero-order valence-corrected chi connectivity index (χ0v) is 9.24. The van der Waals surface area contributed by atoms with E-state index in [2.05, 4.69) is 10.0 Å². The van der Waals surface area contributed by atoms with Crippen molar-refractivity contribution in [3.63, 3.8) is 0 Å². The third-order valence-electron chi connectivity index (χ3n) is 1.75. The lowest BCUT2D eigenvalue weighted by Crippen LogP contribution is -2.57. The molecule has 0 bridgehead atoms. The Morgan fingerprint density at radius 2 is 1.92 bits per heavy atom. The van der Waals surface area contributed by atoms with Gasteiger partial charge in [0, 0.05) is 19.1 Å². The molecule has 0 aromatic heterocycles. The van der Waals surface area contributed by atoms with E-state index < -0.39 is 10.0 Å². The van der Waals surface area contributed by atoms with E-state index in [4.69, 9.17) is 0 Å². The van der Waals surface area contributed by atoms with Crippen LogP contribution < -0.4 is 10.0 Å². The molecule has 2 N–H and O–H groups in total. The van der Waals surface area contributed by atoms with Crippen molar-refractivity contribution < 1.29 is 8.42 Å². The lowest BCUT2D eigenvalue weighted by molar-refractivity contribution is 0.401. The van der Waals surface area contributed by atoms with E-state index in [1.807, 2.05) is 20.8 Å². The molecule has 0 aromatic rings. The molecule has 0 amide bonds. The summed E-state index contributed by atoms with van der Waals surface area (Å²) in [4.78, 5) is 0. The number of nitrogens with one attached hydrogen (secondary N) is 2. The monoisotopic (exact) mass is 206 g/mol. The Labute approximate surface area is 80.1 Å². The normalized spacial score (nSPS) is 19.9. The van der Waals surface area contributed by atoms with Crippen molar-refractivity contribution in [2.75, 3.05) is 18.8 Å². The van der Waals surface area contributed by atoms with Crippen LogP contribution in [0.4, 0.5) is 0 Å². The Morgan fingerprint density at radius 3 is 2.23 bits per heavy atom. The Balaban J connectivity index is 2.46. The summed E-state index contributed by atoms with van der Waals surface area (Å²) in [7, 11) is -3.09. The summed E-state index contributed by atoms with van der Waals surface area (Å²) in [5.41, 5.74) is -0.178. The second kappa shape index (κ2) is 3.55. The first-order valence-electron chi connectivity index (χ1n) is 4.49. The van der Waals surface area contributed by atoms with Gasteiger partial charge in [0.1, 0.15) is 0 Å². The van der Waals surface area contributed by atoms with Crippen LogP contribution in [0.5, 0.6) is 0 Å². The van der Waals surface area contributed by atoms with Gasteiger partial charge in [-0.1, -0.05) is 20.8 Å². The molecule has 1 heterocycles. The molecule has 4 nitrogen and oxygen atoms in total. The minimum absolute atomic E-state index is 0.104. The van der Waals surface area contributed by atoms with Crippen LogP contribution in [-0.4, -0.2) is 33.3 Å². The highest BCUT2D eigenvalue weighted by atomic mass is 32.2. The SMILES string of the molecule is CC(C)(C)CS(=O)(=O)NC1CNC1. The van der Waals surface area contributed by atoms with Crippen LogP contribution in [0.25, 0.3) is 0 Å². The van der Waals surface area contributed by atoms with Crippen LogP contribution in [-0.2, 0) is 10.0 Å². The van der Waals surface area contributed by atoms with Gasteiger partial charge in [-0.25, -0.2) is 13.1 Å². The first-order chi connectivity index (χ1) is 5.79. The standard InChI is InChI=1S/C8H18N2O2S/c1-8(2,3)6-13(11,12)10-7-4-9-5-7/h7,9-10H,4-6H2,1-3H3. The number of hydrogen-bond acceptors (Lipinski definition) is 3. The van der Waals surface area contributed by atoms with Crippen LogP contribution >= 0.6 is 0 Å². The average molecular weight is 206 g/mol. The molecule has 0 unspecified atom stereocenters. The van der Waals surface area contributed by atoms with Gasteiger partial charge in [-0.3, -0.25) is 0 Å². The molecule has 1 saturated heterocycles. The van der Waals surface area contributed by atoms with E-state index in [1.54, 1.807) is 0 Å². The molecular formula is C8H18N2O2S. The molecule has 5 heteroatoms. The Bertz CT molecular complexity index is 262. The van der Waals surface area contributed by atoms with Crippen molar-refractivity contribution >= 4 is 10.0 Å². The van der Waals surface area contributed by atoms with E-state index in [-0.39, 0.29) is 17.2 Å². The van der Waals surface area contributed by atoms with E-state index in [9.17, 15) is 8.42 Å². The maximum absolute atomic E-state index is 11.5. The molecule has 1 aliphatic heterocycles. The van der Waals surface area contributed by atoms with Gasteiger partial charge in [-0.2, -0.15) is 0 Å². The molecule has 0 aliphatic carbocycles. The van der Waals surface area contributed by atoms with E-state index in [1.165, 1.54) is 0 Å². The number of sulfonamides is 1. The summed E-state index contributed by atoms with van der Waals surface area (Å²) >= 11 is 0. The average Bonchev–Trinajstić information content (AvgIpc) is 1.73. The van der Waals surface area contributed by atoms with Crippen LogP contribution in [0.3, 0.4) is 0 Å². The van der Waals surface area contributed by atoms with Crippen molar-refractivity contribution in [2.45, 2.75) is 26.8 Å². The zero-order valence-electron chi connectivity index (χ0n) is 8.42. The zero-order chi connectivity index (χ0) is 10.1. The van der Waals surface area contributed by atoms with Crippen molar-refractivity contribution in [1.29, 1.82) is 0 Å². The Kier molecular flexibility index (Phi) is 2.99. The summed E-state index contributed by atoms with van der Waals surface area (Å²) in [5.74, 6) is 0.191. The summed E-state index contributed by atoms with van der Waals surface area (Å²) in [6.45, 7) is 7.27. The lowest BCUT2D eigenvalue weighted by atomic mass is 10.0. The van der Waals surface area contributed by atoms with Gasteiger partial charge in [-0.05, 0) is 5.41 Å². The van der Waals surface area contributed by atoms with Gasteiger partial charge in [0.05, 0.1) is 5.75 Å². The molecule has 0 radical (unpaired) electrons. The number of rotatable bonds is 3. The topological polar surface area (TPSA) is 58.2 Å². The summed E-state index contributed by atoms with van der Waals surface area (Å²) < 4.78 is 25.7. The molecule has 1 rings (SSSR count). The van der Waals surface area contributed by atoms with E-state index >= 15 is 0 Å². The van der Waals surface area contributed by atoms with Crippen molar-refractivity contribution in [3.05, 3.63) is 0 Å². The van der Waals surface area contributed by atoms with Crippen LogP contribution in [0.15, 0.2) is 0 Å². The van der Waals surface area contributed by atoms with Crippen LogP contribution in [0.2, 0.25) is 0 Å². The summed E-state index contributed by atoms with van der Waals surface area (Å²) in [5, 5.41) is 3.02. The maximum atomic E-state index is 11.5. The molecule has 13 heavy (non-hydrogen) atoms. The Morgan fingerprint density at radius 1 is 1.38 bits per heavy atom. The third-order valence-corrected chi connectivity index (χ3v) is 3.69. The fourth-order valence-corrected chi connectivity index (χ4v) is 3.14. The minimum atomic E-state index is -3.09. The first kappa shape index (κ1) is 10.9. The van der Waals surface area contributed by atoms with E-state index in [0.717, 1.165) is 13.1 Å². The summed E-state index contributed by atoms with van der Waals surface area (Å²) in [6.07, 6.45) is 0. The van der Waals surface area contributed by atoms with Crippen molar-refractivity contribution in [2.24, 2.45) is 5.41 Å². The van der Waals surface area contributed by atoms with Crippen LogP contribution in [0.1, 0.15) is 20.8 Å². The molecular weight excluding hydrogens is 188 g/mol. The maximum Gasteiger partial charge on any atom is 0.212 e. The molecule has 0 aromatic carbocycles. The second-order valence-corrected chi connectivity index (χ2v) is 6.55. The van der Waals surface area contributed by atoms with Gasteiger partial charge in [0.15, 0.2) is 0 Å². The molecule has 78 valence electrons. The summed E-state index contributed by atoms with van der Waals surface area (Å²) in [6, 6.07) is 0.104. The third kappa shape index (κ3) is 4.06. The Hall–Kier alpha value is -0.130. The highest BCUT2D eigenvalue weighted by molar-refractivity contribution is 7.89. The molecule has 0 atom stereocenters. The van der Waals surface area contributed by atoms with Gasteiger partial charge < -0.3 is 5.32 Å². The van der Waals surface area contributed by atoms with Gasteiger partial charge in [0.2, 0.25) is 10.0 Å². The quantitative estimate of drug-likeness (QED) is 0.679. The van der Waals surface area contributed by atoms with Gasteiger partial charge in [-0.15, -0.1) is 0 Å². The fraction of sp³-hybridized carbons (Fsp3) is 1.00. The van der Waals surface area contributed by atoms with Gasteiger partial charge in [0.25, 0.3) is 0 Å². The molecule has 1 fully saturated rings. The predicted molar refractivity (Wildman–Crippen MR) is 53.0 cm³/mol. The first-order valence-corrected chi connectivity index (χ1v) is 6.14. The van der Waals surface area contributed by atoms with Crippen molar-refractivity contribution in [3.8, 4) is 0 Å². The lowest BCUT2D eigenvalue weighted by Gasteiger charge is -2.29.